The van der Waals surface area contributed by atoms with Crippen LogP contribution in [0.15, 0.2) is 0 Å². The molecule has 0 aliphatic carbocycles. The minimum atomic E-state index is -0.525. The summed E-state index contributed by atoms with van der Waals surface area (Å²) in [4.78, 5) is 10.2. The van der Waals surface area contributed by atoms with Gasteiger partial charge in [0.05, 0.1) is 10.2 Å². The summed E-state index contributed by atoms with van der Waals surface area (Å²) >= 11 is 0. The largest absolute Gasteiger partial charge is 0.508 e. The van der Waals surface area contributed by atoms with E-state index in [-0.39, 0.29) is 5.22 Å². The van der Waals surface area contributed by atoms with E-state index in [1.54, 1.807) is 0 Å². The number of carbonyl (C=O) groups is 1. The second kappa shape index (κ2) is 1.48. The SMILES string of the molecule is CC1([SiH3])COC(=O)O1. The molecule has 3 nitrogen and oxygen atoms in total. The number of hydrogen-bond acceptors (Lipinski definition) is 3. The summed E-state index contributed by atoms with van der Waals surface area (Å²) in [5, 5.41) is -0.267. The lowest BCUT2D eigenvalue weighted by molar-refractivity contribution is 0.112. The highest BCUT2D eigenvalue weighted by Gasteiger charge is 2.31. The fourth-order valence-electron chi connectivity index (χ4n) is 0.517. The molecular formula is C4H8O3Si. The van der Waals surface area contributed by atoms with Gasteiger partial charge in [0.2, 0.25) is 0 Å². The van der Waals surface area contributed by atoms with Crippen molar-refractivity contribution in [1.29, 1.82) is 0 Å². The van der Waals surface area contributed by atoms with Gasteiger partial charge in [0.25, 0.3) is 0 Å². The van der Waals surface area contributed by atoms with Crippen molar-refractivity contribution < 1.29 is 14.3 Å². The van der Waals surface area contributed by atoms with Crippen molar-refractivity contribution >= 4 is 16.4 Å². The Balaban J connectivity index is 2.56. The Labute approximate surface area is 50.4 Å². The minimum Gasteiger partial charge on any atom is -0.430 e. The molecule has 1 fully saturated rings. The smallest absolute Gasteiger partial charge is 0.430 e. The van der Waals surface area contributed by atoms with Gasteiger partial charge in [0.1, 0.15) is 11.8 Å². The molecule has 4 heteroatoms. The van der Waals surface area contributed by atoms with Gasteiger partial charge in [-0.1, -0.05) is 0 Å². The number of carbonyl (C=O) groups excluding carboxylic acids is 1. The molecule has 0 N–H and O–H groups in total. The van der Waals surface area contributed by atoms with Crippen molar-refractivity contribution in [2.75, 3.05) is 6.61 Å². The van der Waals surface area contributed by atoms with Crippen LogP contribution in [-0.4, -0.2) is 28.2 Å². The average Bonchev–Trinajstić information content (AvgIpc) is 1.82. The standard InChI is InChI=1S/C4H8O3Si/c1-4(8)2-6-3(5)7-4/h2H2,1,8H3. The second-order valence-corrected chi connectivity index (χ2v) is 4.52. The van der Waals surface area contributed by atoms with E-state index in [0.29, 0.717) is 6.61 Å². The van der Waals surface area contributed by atoms with Crippen LogP contribution < -0.4 is 0 Å². The molecule has 0 radical (unpaired) electrons. The zero-order valence-corrected chi connectivity index (χ0v) is 6.93. The van der Waals surface area contributed by atoms with Crippen LogP contribution in [0.5, 0.6) is 0 Å². The lowest BCUT2D eigenvalue weighted by atomic mass is 10.4. The second-order valence-electron chi connectivity index (χ2n) is 2.40. The topological polar surface area (TPSA) is 35.5 Å². The van der Waals surface area contributed by atoms with Crippen LogP contribution in [0.4, 0.5) is 4.79 Å². The van der Waals surface area contributed by atoms with Gasteiger partial charge < -0.3 is 9.47 Å². The Bertz CT molecular complexity index is 120. The summed E-state index contributed by atoms with van der Waals surface area (Å²) in [6.45, 7) is 2.29. The summed E-state index contributed by atoms with van der Waals surface area (Å²) in [6, 6.07) is 0. The molecule has 0 aromatic rings. The van der Waals surface area contributed by atoms with Crippen LogP contribution in [0.1, 0.15) is 6.92 Å². The van der Waals surface area contributed by atoms with Crippen LogP contribution in [0, 0.1) is 0 Å². The molecule has 46 valence electrons. The average molecular weight is 132 g/mol. The molecule has 1 atom stereocenters. The van der Waals surface area contributed by atoms with Crippen molar-refractivity contribution in [3.05, 3.63) is 0 Å². The van der Waals surface area contributed by atoms with Gasteiger partial charge in [0, 0.05) is 0 Å². The molecule has 1 aliphatic rings. The van der Waals surface area contributed by atoms with Crippen molar-refractivity contribution in [3.8, 4) is 0 Å². The monoisotopic (exact) mass is 132 g/mol. The van der Waals surface area contributed by atoms with E-state index < -0.39 is 6.16 Å². The van der Waals surface area contributed by atoms with E-state index >= 15 is 0 Å². The van der Waals surface area contributed by atoms with E-state index in [2.05, 4.69) is 4.74 Å². The first kappa shape index (κ1) is 5.62. The number of hydrogen-bond donors (Lipinski definition) is 0. The van der Waals surface area contributed by atoms with E-state index in [0.717, 1.165) is 10.2 Å². The summed E-state index contributed by atoms with van der Waals surface area (Å²) in [6.07, 6.45) is -0.525. The van der Waals surface area contributed by atoms with Gasteiger partial charge >= 0.3 is 6.16 Å². The van der Waals surface area contributed by atoms with Crippen LogP contribution in [-0.2, 0) is 9.47 Å². The van der Waals surface area contributed by atoms with E-state index in [1.165, 1.54) is 0 Å². The van der Waals surface area contributed by atoms with Gasteiger partial charge in [-0.05, 0) is 6.92 Å². The first-order valence-electron chi connectivity index (χ1n) is 2.46. The molecule has 0 saturated carbocycles. The van der Waals surface area contributed by atoms with Gasteiger partial charge in [-0.2, -0.15) is 0 Å². The normalized spacial score (nSPS) is 36.9. The van der Waals surface area contributed by atoms with Crippen molar-refractivity contribution in [1.82, 2.24) is 0 Å². The summed E-state index contributed by atoms with van der Waals surface area (Å²) in [5.74, 6) is 0. The van der Waals surface area contributed by atoms with Crippen molar-refractivity contribution in [2.24, 2.45) is 0 Å². The van der Waals surface area contributed by atoms with Crippen LogP contribution >= 0.6 is 0 Å². The molecule has 1 rings (SSSR count). The van der Waals surface area contributed by atoms with Crippen LogP contribution in [0.2, 0.25) is 0 Å². The molecule has 8 heavy (non-hydrogen) atoms. The number of rotatable bonds is 0. The fourth-order valence-corrected chi connectivity index (χ4v) is 0.828. The van der Waals surface area contributed by atoms with Crippen molar-refractivity contribution in [2.45, 2.75) is 12.1 Å². The molecule has 0 bridgehead atoms. The molecule has 1 unspecified atom stereocenters. The van der Waals surface area contributed by atoms with Gasteiger partial charge in [-0.15, -0.1) is 0 Å². The zero-order valence-electron chi connectivity index (χ0n) is 4.93. The molecule has 1 saturated heterocycles. The maximum atomic E-state index is 10.2. The molecule has 1 heterocycles. The first-order chi connectivity index (χ1) is 3.60. The Morgan fingerprint density at radius 2 is 2.50 bits per heavy atom. The molecule has 0 aromatic carbocycles. The third-order valence-corrected chi connectivity index (χ3v) is 1.39. The summed E-state index contributed by atoms with van der Waals surface area (Å²) in [5.41, 5.74) is 0. The summed E-state index contributed by atoms with van der Waals surface area (Å²) in [7, 11) is 0.832. The van der Waals surface area contributed by atoms with Gasteiger partial charge in [-0.25, -0.2) is 4.79 Å². The van der Waals surface area contributed by atoms with E-state index in [1.807, 2.05) is 6.92 Å². The van der Waals surface area contributed by atoms with Crippen molar-refractivity contribution in [3.63, 3.8) is 0 Å². The van der Waals surface area contributed by atoms with Crippen LogP contribution in [0.25, 0.3) is 0 Å². The Hall–Kier alpha value is -0.513. The highest BCUT2D eigenvalue weighted by Crippen LogP contribution is 2.13. The maximum Gasteiger partial charge on any atom is 0.508 e. The predicted molar refractivity (Wildman–Crippen MR) is 30.8 cm³/mol. The Kier molecular flexibility index (Phi) is 1.04. The highest BCUT2D eigenvalue weighted by molar-refractivity contribution is 6.15. The quantitative estimate of drug-likeness (QED) is 0.321. The van der Waals surface area contributed by atoms with Crippen LogP contribution in [0.3, 0.4) is 0 Å². The Morgan fingerprint density at radius 1 is 1.88 bits per heavy atom. The molecule has 0 aromatic heterocycles. The fraction of sp³-hybridized carbons (Fsp3) is 0.750. The molecule has 1 aliphatic heterocycles. The predicted octanol–water partition coefficient (Wildman–Crippen LogP) is -0.765. The first-order valence-corrected chi connectivity index (χ1v) is 3.46. The zero-order chi connectivity index (χ0) is 6.20. The molecule has 0 amide bonds. The highest BCUT2D eigenvalue weighted by atomic mass is 28.1. The third-order valence-electron chi connectivity index (χ3n) is 0.897. The lowest BCUT2D eigenvalue weighted by Crippen LogP contribution is -2.26. The third kappa shape index (κ3) is 1.00. The number of cyclic esters (lactones) is 2. The summed E-state index contributed by atoms with van der Waals surface area (Å²) < 4.78 is 9.29. The minimum absolute atomic E-state index is 0.267. The lowest BCUT2D eigenvalue weighted by Gasteiger charge is -2.09. The number of ether oxygens (including phenoxy) is 2. The molecule has 0 spiro atoms. The molecular weight excluding hydrogens is 124 g/mol. The van der Waals surface area contributed by atoms with Gasteiger partial charge in [0.15, 0.2) is 0 Å². The maximum absolute atomic E-state index is 10.2. The van der Waals surface area contributed by atoms with Gasteiger partial charge in [-0.3, -0.25) is 0 Å². The Morgan fingerprint density at radius 3 is 2.62 bits per heavy atom. The van der Waals surface area contributed by atoms with E-state index in [9.17, 15) is 4.79 Å². The van der Waals surface area contributed by atoms with E-state index in [4.69, 9.17) is 4.74 Å².